The number of carboxylic acid groups (broad SMARTS) is 3. The second kappa shape index (κ2) is 21.7. The van der Waals surface area contributed by atoms with Crippen molar-refractivity contribution in [3.8, 4) is 28.6 Å². The van der Waals surface area contributed by atoms with Crippen molar-refractivity contribution >= 4 is 29.7 Å². The Kier molecular flexibility index (Phi) is 16.5. The quantitative estimate of drug-likeness (QED) is 0.121. The smallest absolute Gasteiger partial charge is 0.317 e. The number of rotatable bonds is 15. The van der Waals surface area contributed by atoms with Crippen molar-refractivity contribution in [2.24, 2.45) is 0 Å². The number of phenolic OH excluding ortho intramolecular Hbond substituents is 2. The fourth-order valence-corrected chi connectivity index (χ4v) is 7.57. The summed E-state index contributed by atoms with van der Waals surface area (Å²) in [6.45, 7) is 10.8. The Labute approximate surface area is 354 Å². The third kappa shape index (κ3) is 13.2. The molecule has 2 amide bonds. The van der Waals surface area contributed by atoms with Gasteiger partial charge in [0.2, 0.25) is 11.7 Å². The maximum Gasteiger partial charge on any atom is 0.317 e. The number of amides is 2. The van der Waals surface area contributed by atoms with Crippen molar-refractivity contribution in [1.29, 1.82) is 0 Å². The van der Waals surface area contributed by atoms with Crippen LogP contribution in [0.25, 0.3) is 17.1 Å². The highest BCUT2D eigenvalue weighted by Gasteiger charge is 2.27. The van der Waals surface area contributed by atoms with Crippen LogP contribution in [0.4, 0.5) is 0 Å². The van der Waals surface area contributed by atoms with Crippen LogP contribution in [0.2, 0.25) is 0 Å². The summed E-state index contributed by atoms with van der Waals surface area (Å²) in [6, 6.07) is 10.5. The molecule has 0 unspecified atom stereocenters. The van der Waals surface area contributed by atoms with Gasteiger partial charge in [-0.3, -0.25) is 53.0 Å². The van der Waals surface area contributed by atoms with Gasteiger partial charge in [0.15, 0.2) is 5.82 Å². The maximum absolute atomic E-state index is 13.7. The first-order chi connectivity index (χ1) is 29.1. The number of hydrogen-bond donors (Lipinski definition) is 6. The molecule has 0 saturated carbocycles. The zero-order chi connectivity index (χ0) is 44.2. The van der Waals surface area contributed by atoms with Crippen LogP contribution in [0.5, 0.6) is 11.5 Å². The van der Waals surface area contributed by atoms with Crippen LogP contribution in [0.1, 0.15) is 48.4 Å². The van der Waals surface area contributed by atoms with E-state index < -0.39 is 23.8 Å². The monoisotopic (exact) mass is 850 g/mol. The van der Waals surface area contributed by atoms with Crippen LogP contribution in [0.15, 0.2) is 36.4 Å². The molecule has 3 aromatic rings. The van der Waals surface area contributed by atoms with Crippen LogP contribution >= 0.6 is 0 Å². The Morgan fingerprint density at radius 2 is 1.11 bits per heavy atom. The number of carbonyl (C=O) groups is 5. The molecule has 2 aliphatic rings. The van der Waals surface area contributed by atoms with Gasteiger partial charge in [0.25, 0.3) is 5.91 Å². The average Bonchev–Trinajstić information content (AvgIpc) is 3.64. The van der Waals surface area contributed by atoms with Crippen molar-refractivity contribution in [3.05, 3.63) is 53.3 Å². The molecular weight excluding hydrogens is 793 g/mol. The SMILES string of the molecule is CCNC(=O)c1nnc(-c2cc(C(C)C)c(O)cc2O)n1-c1ccc(CN2CCN(C(=O)CN3CCN(CC(=O)O)CCN(CC(=O)O)CCN(CC(=O)O)CC3)CC2)cc1. The zero-order valence-electron chi connectivity index (χ0n) is 35.1. The number of nitrogens with one attached hydrogen (secondary N) is 1. The van der Waals surface area contributed by atoms with Crippen molar-refractivity contribution < 1.29 is 49.5 Å². The van der Waals surface area contributed by atoms with E-state index in [9.17, 15) is 49.5 Å². The molecule has 2 aromatic carbocycles. The maximum atomic E-state index is 13.7. The fraction of sp³-hybridized carbons (Fsp3) is 0.537. The normalized spacial score (nSPS) is 17.1. The molecule has 20 heteroatoms. The van der Waals surface area contributed by atoms with E-state index in [-0.39, 0.29) is 61.2 Å². The molecule has 2 saturated heterocycles. The minimum absolute atomic E-state index is 0.0381. The van der Waals surface area contributed by atoms with E-state index in [0.717, 1.165) is 5.56 Å². The molecule has 5 rings (SSSR count). The summed E-state index contributed by atoms with van der Waals surface area (Å²) in [5.74, 6) is -3.58. The molecule has 20 nitrogen and oxygen atoms in total. The number of carboxylic acids is 3. The molecule has 2 aliphatic heterocycles. The van der Waals surface area contributed by atoms with E-state index in [4.69, 9.17) is 0 Å². The van der Waals surface area contributed by atoms with Crippen molar-refractivity contribution in [1.82, 2.24) is 49.5 Å². The van der Waals surface area contributed by atoms with E-state index >= 15 is 0 Å². The molecule has 1 aromatic heterocycles. The Morgan fingerprint density at radius 1 is 0.639 bits per heavy atom. The lowest BCUT2D eigenvalue weighted by Crippen LogP contribution is -2.53. The lowest BCUT2D eigenvalue weighted by atomic mass is 9.98. The van der Waals surface area contributed by atoms with Crippen LogP contribution in [-0.2, 0) is 25.7 Å². The Bertz CT molecular complexity index is 1970. The molecule has 0 aliphatic carbocycles. The Morgan fingerprint density at radius 3 is 1.57 bits per heavy atom. The van der Waals surface area contributed by atoms with Crippen LogP contribution in [0, 0.1) is 0 Å². The van der Waals surface area contributed by atoms with E-state index in [1.807, 2.05) is 47.9 Å². The lowest BCUT2D eigenvalue weighted by Gasteiger charge is -2.37. The van der Waals surface area contributed by atoms with Gasteiger partial charge in [-0.1, -0.05) is 26.0 Å². The van der Waals surface area contributed by atoms with Gasteiger partial charge in [0.1, 0.15) is 11.5 Å². The number of nitrogens with zero attached hydrogens (tertiary/aromatic N) is 9. The summed E-state index contributed by atoms with van der Waals surface area (Å²) in [7, 11) is 0. The highest BCUT2D eigenvalue weighted by molar-refractivity contribution is 5.92. The van der Waals surface area contributed by atoms with Gasteiger partial charge in [-0.2, -0.15) is 0 Å². The van der Waals surface area contributed by atoms with E-state index in [2.05, 4.69) is 20.4 Å². The molecule has 332 valence electrons. The summed E-state index contributed by atoms with van der Waals surface area (Å²) in [4.78, 5) is 72.7. The predicted molar refractivity (Wildman–Crippen MR) is 223 cm³/mol. The largest absolute Gasteiger partial charge is 0.508 e. The molecule has 61 heavy (non-hydrogen) atoms. The van der Waals surface area contributed by atoms with Gasteiger partial charge in [-0.15, -0.1) is 10.2 Å². The topological polar surface area (TPSA) is 249 Å². The molecule has 6 N–H and O–H groups in total. The summed E-state index contributed by atoms with van der Waals surface area (Å²) in [5.41, 5.74) is 2.51. The van der Waals surface area contributed by atoms with E-state index in [1.165, 1.54) is 6.07 Å². The van der Waals surface area contributed by atoms with E-state index in [1.54, 1.807) is 32.3 Å². The summed E-state index contributed by atoms with van der Waals surface area (Å²) >= 11 is 0. The third-order valence-corrected chi connectivity index (χ3v) is 10.9. The highest BCUT2D eigenvalue weighted by atomic mass is 16.4. The van der Waals surface area contributed by atoms with Gasteiger partial charge >= 0.3 is 17.9 Å². The van der Waals surface area contributed by atoms with Crippen molar-refractivity contribution in [2.75, 3.05) is 111 Å². The number of aromatic nitrogens is 3. The minimum Gasteiger partial charge on any atom is -0.508 e. The summed E-state index contributed by atoms with van der Waals surface area (Å²) < 4.78 is 1.58. The first-order valence-electron chi connectivity index (χ1n) is 20.6. The first kappa shape index (κ1) is 46.4. The van der Waals surface area contributed by atoms with Crippen LogP contribution in [0.3, 0.4) is 0 Å². The molecule has 0 spiro atoms. The number of piperazine rings is 1. The van der Waals surface area contributed by atoms with Crippen LogP contribution in [-0.4, -0.2) is 211 Å². The van der Waals surface area contributed by atoms with Gasteiger partial charge in [-0.25, -0.2) is 0 Å². The molecule has 0 bridgehead atoms. The number of aromatic hydroxyl groups is 2. The summed E-state index contributed by atoms with van der Waals surface area (Å²) in [6.07, 6.45) is 0. The number of carbonyl (C=O) groups excluding carboxylic acids is 2. The molecule has 0 radical (unpaired) electrons. The Hall–Kier alpha value is -5.67. The van der Waals surface area contributed by atoms with Gasteiger partial charge in [-0.05, 0) is 42.2 Å². The molecular formula is C41H58N10O10. The number of phenols is 2. The number of benzene rings is 2. The molecule has 3 heterocycles. The van der Waals surface area contributed by atoms with Gasteiger partial charge < -0.3 is 35.7 Å². The van der Waals surface area contributed by atoms with Crippen molar-refractivity contribution in [3.63, 3.8) is 0 Å². The second-order valence-corrected chi connectivity index (χ2v) is 15.7. The van der Waals surface area contributed by atoms with Crippen molar-refractivity contribution in [2.45, 2.75) is 33.2 Å². The molecule has 2 fully saturated rings. The lowest BCUT2D eigenvalue weighted by molar-refractivity contribution is -0.141. The number of aliphatic carboxylic acids is 3. The van der Waals surface area contributed by atoms with E-state index in [0.29, 0.717) is 108 Å². The van der Waals surface area contributed by atoms with Gasteiger partial charge in [0, 0.05) is 103 Å². The Balaban J connectivity index is 1.23. The fourth-order valence-electron chi connectivity index (χ4n) is 7.57. The summed E-state index contributed by atoms with van der Waals surface area (Å²) in [5, 5.41) is 61.0. The molecule has 0 atom stereocenters. The third-order valence-electron chi connectivity index (χ3n) is 10.9. The standard InChI is InChI=1S/C41H58N10O10/c1-4-42-41(61)40-44-43-39(32-21-31(28(2)3)33(52)22-34(32)53)51(40)30-7-5-29(6-8-30)23-45-17-19-50(20-18-45)35(54)24-46-9-11-47(25-36(55)56)13-15-49(27-38(59)60)16-14-48(12-10-46)26-37(57)58/h5-8,21-22,28,52-53H,4,9-20,23-27H2,1-3H3,(H,42,61)(H,55,56)(H,57,58)(H,59,60). The second-order valence-electron chi connectivity index (χ2n) is 15.7. The van der Waals surface area contributed by atoms with Crippen LogP contribution < -0.4 is 5.32 Å². The zero-order valence-corrected chi connectivity index (χ0v) is 35.1. The predicted octanol–water partition coefficient (Wildman–Crippen LogP) is 0.338. The minimum atomic E-state index is -1.02. The van der Waals surface area contributed by atoms with Gasteiger partial charge in [0.05, 0.1) is 31.7 Å². The first-order valence-corrected chi connectivity index (χ1v) is 20.6. The number of hydrogen-bond acceptors (Lipinski definition) is 14. The average molecular weight is 851 g/mol. The highest BCUT2D eigenvalue weighted by Crippen LogP contribution is 2.38.